The minimum absolute atomic E-state index is 0.0671. The summed E-state index contributed by atoms with van der Waals surface area (Å²) in [5, 5.41) is 2.81. The van der Waals surface area contributed by atoms with E-state index in [2.05, 4.69) is 22.9 Å². The molecule has 1 heterocycles. The number of rotatable bonds is 11. The summed E-state index contributed by atoms with van der Waals surface area (Å²) in [4.78, 5) is 15.7. The van der Waals surface area contributed by atoms with Crippen LogP contribution in [0.1, 0.15) is 57.8 Å². The zero-order chi connectivity index (χ0) is 14.5. The number of aromatic nitrogens is 1. The molecule has 0 aliphatic carbocycles. The maximum atomic E-state index is 11.7. The molecule has 4 heteroatoms. The Balaban J connectivity index is 1.92. The van der Waals surface area contributed by atoms with E-state index in [1.54, 1.807) is 6.20 Å². The number of anilines is 1. The van der Waals surface area contributed by atoms with Gasteiger partial charge < -0.3 is 5.32 Å². The monoisotopic (exact) mass is 294 g/mol. The number of hydrogen-bond acceptors (Lipinski definition) is 3. The highest BCUT2D eigenvalue weighted by Crippen LogP contribution is 2.10. The van der Waals surface area contributed by atoms with Gasteiger partial charge >= 0.3 is 0 Å². The third-order valence-electron chi connectivity index (χ3n) is 3.24. The molecule has 1 amide bonds. The van der Waals surface area contributed by atoms with Crippen molar-refractivity contribution in [1.82, 2.24) is 4.98 Å². The fraction of sp³-hybridized carbons (Fsp3) is 0.625. The normalized spacial score (nSPS) is 10.4. The number of pyridine rings is 1. The van der Waals surface area contributed by atoms with Crippen LogP contribution < -0.4 is 5.32 Å². The Hall–Kier alpha value is -1.03. The van der Waals surface area contributed by atoms with Gasteiger partial charge in [0.25, 0.3) is 0 Å². The predicted molar refractivity (Wildman–Crippen MR) is 88.3 cm³/mol. The number of carbonyl (C=O) groups excluding carboxylic acids is 1. The summed E-state index contributed by atoms with van der Waals surface area (Å²) in [6.45, 7) is 0. The number of hydrogen-bond donors (Lipinski definition) is 2. The number of thiol groups is 1. The van der Waals surface area contributed by atoms with Gasteiger partial charge in [0.15, 0.2) is 0 Å². The summed E-state index contributed by atoms with van der Waals surface area (Å²) in [6, 6.07) is 5.52. The zero-order valence-electron chi connectivity index (χ0n) is 12.2. The molecule has 0 aromatic carbocycles. The molecule has 0 saturated heterocycles. The molecule has 1 N–H and O–H groups in total. The van der Waals surface area contributed by atoms with E-state index in [4.69, 9.17) is 0 Å². The van der Waals surface area contributed by atoms with Gasteiger partial charge in [-0.15, -0.1) is 0 Å². The molecule has 0 radical (unpaired) electrons. The second-order valence-corrected chi connectivity index (χ2v) is 5.51. The highest BCUT2D eigenvalue weighted by atomic mass is 32.1. The van der Waals surface area contributed by atoms with Crippen LogP contribution >= 0.6 is 12.6 Å². The molecule has 1 rings (SSSR count). The Bertz CT molecular complexity index is 357. The second kappa shape index (κ2) is 11.8. The maximum Gasteiger partial charge on any atom is 0.225 e. The number of nitrogens with one attached hydrogen (secondary N) is 1. The van der Waals surface area contributed by atoms with Gasteiger partial charge in [-0.2, -0.15) is 12.6 Å². The Kier molecular flexibility index (Phi) is 10.0. The standard InChI is InChI=1S/C16H26N2OS/c19-16(18-15-11-8-9-13-17-15)12-7-5-3-1-2-4-6-10-14-20/h8-9,11,13,20H,1-7,10,12,14H2,(H,17,18,19). The molecule has 0 spiro atoms. The summed E-state index contributed by atoms with van der Waals surface area (Å²) in [6.07, 6.45) is 12.1. The Morgan fingerprint density at radius 1 is 1.00 bits per heavy atom. The lowest BCUT2D eigenvalue weighted by Gasteiger charge is -2.04. The van der Waals surface area contributed by atoms with Crippen LogP contribution in [-0.4, -0.2) is 16.6 Å². The van der Waals surface area contributed by atoms with E-state index in [-0.39, 0.29) is 5.91 Å². The Morgan fingerprint density at radius 3 is 2.25 bits per heavy atom. The van der Waals surface area contributed by atoms with Crippen molar-refractivity contribution in [1.29, 1.82) is 0 Å². The molecule has 1 aromatic rings. The predicted octanol–water partition coefficient (Wildman–Crippen LogP) is 4.46. The van der Waals surface area contributed by atoms with E-state index in [0.29, 0.717) is 12.2 Å². The van der Waals surface area contributed by atoms with Crippen molar-refractivity contribution in [3.63, 3.8) is 0 Å². The molecule has 0 fully saturated rings. The quantitative estimate of drug-likeness (QED) is 0.467. The third kappa shape index (κ3) is 8.97. The van der Waals surface area contributed by atoms with Gasteiger partial charge in [-0.05, 0) is 30.7 Å². The van der Waals surface area contributed by atoms with E-state index in [0.717, 1.165) is 18.6 Å². The molecule has 0 atom stereocenters. The highest BCUT2D eigenvalue weighted by molar-refractivity contribution is 7.80. The lowest BCUT2D eigenvalue weighted by Crippen LogP contribution is -2.11. The molecule has 20 heavy (non-hydrogen) atoms. The molecular weight excluding hydrogens is 268 g/mol. The van der Waals surface area contributed by atoms with Crippen LogP contribution in [0.15, 0.2) is 24.4 Å². The van der Waals surface area contributed by atoms with Crippen molar-refractivity contribution < 1.29 is 4.79 Å². The average molecular weight is 294 g/mol. The Morgan fingerprint density at radius 2 is 1.65 bits per heavy atom. The topological polar surface area (TPSA) is 42.0 Å². The van der Waals surface area contributed by atoms with Gasteiger partial charge in [0.2, 0.25) is 5.91 Å². The summed E-state index contributed by atoms with van der Waals surface area (Å²) in [5.74, 6) is 1.71. The van der Waals surface area contributed by atoms with Gasteiger partial charge in [0.1, 0.15) is 5.82 Å². The lowest BCUT2D eigenvalue weighted by molar-refractivity contribution is -0.116. The first-order valence-electron chi connectivity index (χ1n) is 7.64. The van der Waals surface area contributed by atoms with Gasteiger partial charge in [0.05, 0.1) is 0 Å². The first kappa shape index (κ1) is 17.0. The van der Waals surface area contributed by atoms with Crippen LogP contribution in [0.5, 0.6) is 0 Å². The lowest BCUT2D eigenvalue weighted by atomic mass is 10.1. The van der Waals surface area contributed by atoms with Gasteiger partial charge in [-0.3, -0.25) is 4.79 Å². The molecule has 0 aliphatic heterocycles. The summed E-state index contributed by atoms with van der Waals surface area (Å²) in [5.41, 5.74) is 0. The third-order valence-corrected chi connectivity index (χ3v) is 3.56. The van der Waals surface area contributed by atoms with Crippen molar-refractivity contribution in [2.24, 2.45) is 0 Å². The van der Waals surface area contributed by atoms with Crippen LogP contribution in [-0.2, 0) is 4.79 Å². The summed E-state index contributed by atoms with van der Waals surface area (Å²) < 4.78 is 0. The minimum Gasteiger partial charge on any atom is -0.311 e. The van der Waals surface area contributed by atoms with Gasteiger partial charge in [-0.1, -0.05) is 44.6 Å². The maximum absolute atomic E-state index is 11.7. The molecule has 0 aliphatic rings. The summed E-state index contributed by atoms with van der Waals surface area (Å²) in [7, 11) is 0. The Labute approximate surface area is 128 Å². The van der Waals surface area contributed by atoms with Crippen molar-refractivity contribution in [3.05, 3.63) is 24.4 Å². The number of carbonyl (C=O) groups is 1. The molecule has 0 saturated carbocycles. The summed E-state index contributed by atoms with van der Waals surface area (Å²) >= 11 is 4.20. The van der Waals surface area contributed by atoms with Crippen molar-refractivity contribution in [3.8, 4) is 0 Å². The average Bonchev–Trinajstić information content (AvgIpc) is 2.46. The molecule has 0 bridgehead atoms. The highest BCUT2D eigenvalue weighted by Gasteiger charge is 2.02. The number of amides is 1. The van der Waals surface area contributed by atoms with Crippen LogP contribution in [0.4, 0.5) is 5.82 Å². The van der Waals surface area contributed by atoms with E-state index < -0.39 is 0 Å². The van der Waals surface area contributed by atoms with E-state index in [1.165, 1.54) is 38.5 Å². The van der Waals surface area contributed by atoms with Gasteiger partial charge in [0, 0.05) is 12.6 Å². The van der Waals surface area contributed by atoms with E-state index >= 15 is 0 Å². The molecule has 1 aromatic heterocycles. The van der Waals surface area contributed by atoms with Crippen LogP contribution in [0.25, 0.3) is 0 Å². The smallest absolute Gasteiger partial charge is 0.225 e. The van der Waals surface area contributed by atoms with E-state index in [9.17, 15) is 4.79 Å². The van der Waals surface area contributed by atoms with Crippen molar-refractivity contribution in [2.45, 2.75) is 57.8 Å². The SMILES string of the molecule is O=C(CCCCCCCCCCS)Nc1ccccn1. The molecule has 0 unspecified atom stereocenters. The zero-order valence-corrected chi connectivity index (χ0v) is 13.1. The van der Waals surface area contributed by atoms with Crippen LogP contribution in [0.2, 0.25) is 0 Å². The fourth-order valence-electron chi connectivity index (χ4n) is 2.10. The first-order chi connectivity index (χ1) is 9.83. The second-order valence-electron chi connectivity index (χ2n) is 5.07. The van der Waals surface area contributed by atoms with Crippen molar-refractivity contribution >= 4 is 24.4 Å². The molecule has 112 valence electrons. The van der Waals surface area contributed by atoms with Crippen LogP contribution in [0.3, 0.4) is 0 Å². The first-order valence-corrected chi connectivity index (χ1v) is 8.28. The van der Waals surface area contributed by atoms with E-state index in [1.807, 2.05) is 18.2 Å². The number of nitrogens with zero attached hydrogens (tertiary/aromatic N) is 1. The van der Waals surface area contributed by atoms with Crippen molar-refractivity contribution in [2.75, 3.05) is 11.1 Å². The van der Waals surface area contributed by atoms with Crippen LogP contribution in [0, 0.1) is 0 Å². The molecule has 3 nitrogen and oxygen atoms in total. The fourth-order valence-corrected chi connectivity index (χ4v) is 2.32. The largest absolute Gasteiger partial charge is 0.311 e. The minimum atomic E-state index is 0.0671. The number of unbranched alkanes of at least 4 members (excludes halogenated alkanes) is 7. The molecular formula is C16H26N2OS. The van der Waals surface area contributed by atoms with Gasteiger partial charge in [-0.25, -0.2) is 4.98 Å².